The van der Waals surface area contributed by atoms with E-state index in [2.05, 4.69) is 15.5 Å². The average Bonchev–Trinajstić information content (AvgIpc) is 3.22. The number of para-hydroxylation sites is 1. The number of nitro groups is 1. The third-order valence-corrected chi connectivity index (χ3v) is 6.04. The molecule has 1 aromatic heterocycles. The highest BCUT2D eigenvalue weighted by molar-refractivity contribution is 8.00. The maximum atomic E-state index is 10.7. The summed E-state index contributed by atoms with van der Waals surface area (Å²) in [6, 6.07) is 23.8. The van der Waals surface area contributed by atoms with E-state index in [-0.39, 0.29) is 5.69 Å². The second-order valence-corrected chi connectivity index (χ2v) is 8.35. The van der Waals surface area contributed by atoms with Gasteiger partial charge in [-0.15, -0.1) is 10.2 Å². The van der Waals surface area contributed by atoms with Gasteiger partial charge in [0.15, 0.2) is 4.34 Å². The maximum Gasteiger partial charge on any atom is 0.269 e. The summed E-state index contributed by atoms with van der Waals surface area (Å²) in [5.74, 6) is 2.21. The van der Waals surface area contributed by atoms with Gasteiger partial charge in [-0.05, 0) is 42.0 Å². The number of aromatic nitrogens is 2. The van der Waals surface area contributed by atoms with Crippen molar-refractivity contribution in [1.82, 2.24) is 10.2 Å². The first kappa shape index (κ1) is 19.9. The predicted molar refractivity (Wildman–Crippen MR) is 119 cm³/mol. The molecule has 0 spiro atoms. The van der Waals surface area contributed by atoms with Crippen LogP contribution in [0.25, 0.3) is 0 Å². The summed E-state index contributed by atoms with van der Waals surface area (Å²) >= 11 is 2.99. The number of anilines is 2. The van der Waals surface area contributed by atoms with Crippen molar-refractivity contribution in [3.8, 4) is 11.5 Å². The topological polar surface area (TPSA) is 90.2 Å². The summed E-state index contributed by atoms with van der Waals surface area (Å²) < 4.78 is 6.61. The van der Waals surface area contributed by atoms with Gasteiger partial charge in [0.2, 0.25) is 5.13 Å². The van der Waals surface area contributed by atoms with Crippen LogP contribution in [0.15, 0.2) is 83.2 Å². The number of hydrogen-bond donors (Lipinski definition) is 1. The predicted octanol–water partition coefficient (Wildman–Crippen LogP) is 6.27. The molecular formula is C21H16N4O3S2. The van der Waals surface area contributed by atoms with Gasteiger partial charge in [0.25, 0.3) is 5.69 Å². The molecule has 0 atom stereocenters. The van der Waals surface area contributed by atoms with E-state index in [1.165, 1.54) is 35.2 Å². The average molecular weight is 437 g/mol. The smallest absolute Gasteiger partial charge is 0.269 e. The van der Waals surface area contributed by atoms with Crippen molar-refractivity contribution in [2.24, 2.45) is 0 Å². The molecule has 4 aromatic rings. The second kappa shape index (κ2) is 9.38. The summed E-state index contributed by atoms with van der Waals surface area (Å²) in [5, 5.41) is 23.0. The van der Waals surface area contributed by atoms with E-state index in [1.807, 2.05) is 54.6 Å². The van der Waals surface area contributed by atoms with Crippen molar-refractivity contribution in [3.63, 3.8) is 0 Å². The second-order valence-electron chi connectivity index (χ2n) is 6.15. The highest BCUT2D eigenvalue weighted by atomic mass is 32.2. The lowest BCUT2D eigenvalue weighted by Crippen LogP contribution is -1.90. The Morgan fingerprint density at radius 2 is 1.63 bits per heavy atom. The molecule has 4 rings (SSSR count). The molecule has 1 N–H and O–H groups in total. The maximum absolute atomic E-state index is 10.7. The van der Waals surface area contributed by atoms with E-state index in [0.29, 0.717) is 10.9 Å². The standard InChI is InChI=1S/C21H16N4O3S2/c26-25(27)17-10-6-15(7-11-17)14-29-21-24-23-20(30-21)22-16-8-12-19(13-9-16)28-18-4-2-1-3-5-18/h1-13H,14H2,(H,22,23). The third-order valence-electron chi connectivity index (χ3n) is 4.00. The summed E-state index contributed by atoms with van der Waals surface area (Å²) in [6.07, 6.45) is 0. The van der Waals surface area contributed by atoms with Gasteiger partial charge in [0, 0.05) is 23.6 Å². The Morgan fingerprint density at radius 3 is 2.33 bits per heavy atom. The normalized spacial score (nSPS) is 10.5. The summed E-state index contributed by atoms with van der Waals surface area (Å²) in [5.41, 5.74) is 1.97. The number of nitrogens with zero attached hydrogens (tertiary/aromatic N) is 3. The van der Waals surface area contributed by atoms with Crippen LogP contribution in [0, 0.1) is 10.1 Å². The lowest BCUT2D eigenvalue weighted by atomic mass is 10.2. The van der Waals surface area contributed by atoms with Crippen LogP contribution in [0.1, 0.15) is 5.56 Å². The third kappa shape index (κ3) is 5.34. The molecular weight excluding hydrogens is 420 g/mol. The summed E-state index contributed by atoms with van der Waals surface area (Å²) in [4.78, 5) is 10.3. The zero-order valence-corrected chi connectivity index (χ0v) is 17.2. The van der Waals surface area contributed by atoms with Crippen LogP contribution < -0.4 is 10.1 Å². The largest absolute Gasteiger partial charge is 0.457 e. The van der Waals surface area contributed by atoms with Crippen LogP contribution in [0.3, 0.4) is 0 Å². The van der Waals surface area contributed by atoms with Crippen LogP contribution in [-0.2, 0) is 5.75 Å². The van der Waals surface area contributed by atoms with Crippen molar-refractivity contribution >= 4 is 39.6 Å². The molecule has 0 radical (unpaired) electrons. The molecule has 0 aliphatic carbocycles. The molecule has 0 bridgehead atoms. The van der Waals surface area contributed by atoms with Crippen molar-refractivity contribution in [1.29, 1.82) is 0 Å². The van der Waals surface area contributed by atoms with Gasteiger partial charge in [-0.25, -0.2) is 0 Å². The Kier molecular flexibility index (Phi) is 6.21. The van der Waals surface area contributed by atoms with Crippen LogP contribution in [0.2, 0.25) is 0 Å². The molecule has 0 amide bonds. The molecule has 0 saturated carbocycles. The van der Waals surface area contributed by atoms with Crippen LogP contribution in [0.4, 0.5) is 16.5 Å². The zero-order valence-electron chi connectivity index (χ0n) is 15.6. The zero-order chi connectivity index (χ0) is 20.8. The fraction of sp³-hybridized carbons (Fsp3) is 0.0476. The van der Waals surface area contributed by atoms with Gasteiger partial charge in [0.05, 0.1) is 4.92 Å². The van der Waals surface area contributed by atoms with E-state index < -0.39 is 4.92 Å². The lowest BCUT2D eigenvalue weighted by molar-refractivity contribution is -0.384. The molecule has 7 nitrogen and oxygen atoms in total. The van der Waals surface area contributed by atoms with Crippen molar-refractivity contribution in [2.45, 2.75) is 10.1 Å². The quantitative estimate of drug-likeness (QED) is 0.198. The number of nitro benzene ring substituents is 1. The number of hydrogen-bond acceptors (Lipinski definition) is 8. The first-order chi connectivity index (χ1) is 14.7. The van der Waals surface area contributed by atoms with Crippen LogP contribution >= 0.6 is 23.1 Å². The molecule has 0 saturated heterocycles. The van der Waals surface area contributed by atoms with Gasteiger partial charge in [-0.3, -0.25) is 10.1 Å². The number of thioether (sulfide) groups is 1. The Bertz CT molecular complexity index is 1120. The fourth-order valence-electron chi connectivity index (χ4n) is 2.53. The van der Waals surface area contributed by atoms with E-state index in [1.54, 1.807) is 12.1 Å². The molecule has 30 heavy (non-hydrogen) atoms. The molecule has 1 heterocycles. The first-order valence-corrected chi connectivity index (χ1v) is 10.8. The number of benzene rings is 3. The highest BCUT2D eigenvalue weighted by Gasteiger charge is 2.08. The van der Waals surface area contributed by atoms with Gasteiger partial charge < -0.3 is 10.1 Å². The minimum absolute atomic E-state index is 0.0892. The summed E-state index contributed by atoms with van der Waals surface area (Å²) in [6.45, 7) is 0. The molecule has 3 aromatic carbocycles. The highest BCUT2D eigenvalue weighted by Crippen LogP contribution is 2.31. The van der Waals surface area contributed by atoms with E-state index >= 15 is 0 Å². The van der Waals surface area contributed by atoms with Crippen molar-refractivity contribution < 1.29 is 9.66 Å². The van der Waals surface area contributed by atoms with Crippen LogP contribution in [-0.4, -0.2) is 15.1 Å². The molecule has 0 fully saturated rings. The van der Waals surface area contributed by atoms with E-state index in [4.69, 9.17) is 4.74 Å². The van der Waals surface area contributed by atoms with Gasteiger partial charge >= 0.3 is 0 Å². The summed E-state index contributed by atoms with van der Waals surface area (Å²) in [7, 11) is 0. The Hall–Kier alpha value is -3.43. The minimum atomic E-state index is -0.403. The Morgan fingerprint density at radius 1 is 0.933 bits per heavy atom. The van der Waals surface area contributed by atoms with E-state index in [0.717, 1.165) is 27.1 Å². The molecule has 0 aliphatic rings. The minimum Gasteiger partial charge on any atom is -0.457 e. The van der Waals surface area contributed by atoms with Gasteiger partial charge in [-0.1, -0.05) is 53.4 Å². The van der Waals surface area contributed by atoms with E-state index in [9.17, 15) is 10.1 Å². The number of rotatable bonds is 8. The van der Waals surface area contributed by atoms with Crippen LogP contribution in [0.5, 0.6) is 11.5 Å². The van der Waals surface area contributed by atoms with Crippen molar-refractivity contribution in [3.05, 3.63) is 94.5 Å². The molecule has 150 valence electrons. The first-order valence-electron chi connectivity index (χ1n) is 8.95. The Balaban J connectivity index is 1.31. The molecule has 9 heteroatoms. The molecule has 0 aliphatic heterocycles. The fourth-order valence-corrected chi connectivity index (χ4v) is 4.26. The molecule has 0 unspecified atom stereocenters. The monoisotopic (exact) mass is 436 g/mol. The number of ether oxygens (including phenoxy) is 1. The van der Waals surface area contributed by atoms with Crippen molar-refractivity contribution in [2.75, 3.05) is 5.32 Å². The Labute approximate surface area is 180 Å². The number of non-ortho nitro benzene ring substituents is 1. The SMILES string of the molecule is O=[N+]([O-])c1ccc(CSc2nnc(Nc3ccc(Oc4ccccc4)cc3)s2)cc1. The van der Waals surface area contributed by atoms with Gasteiger partial charge in [-0.2, -0.15) is 0 Å². The lowest BCUT2D eigenvalue weighted by Gasteiger charge is -2.06. The van der Waals surface area contributed by atoms with Gasteiger partial charge in [0.1, 0.15) is 11.5 Å². The number of nitrogens with one attached hydrogen (secondary N) is 1.